The highest BCUT2D eigenvalue weighted by Gasteiger charge is 2.18. The van der Waals surface area contributed by atoms with Crippen LogP contribution in [0.1, 0.15) is 28.7 Å². The maximum Gasteiger partial charge on any atom is 0.256 e. The van der Waals surface area contributed by atoms with E-state index in [1.54, 1.807) is 42.1 Å². The summed E-state index contributed by atoms with van der Waals surface area (Å²) in [6, 6.07) is 8.76. The molecule has 0 atom stereocenters. The molecule has 3 rings (SSSR count). The van der Waals surface area contributed by atoms with Crippen LogP contribution >= 0.6 is 0 Å². The smallest absolute Gasteiger partial charge is 0.256 e. The van der Waals surface area contributed by atoms with E-state index in [-0.39, 0.29) is 11.8 Å². The summed E-state index contributed by atoms with van der Waals surface area (Å²) in [6.07, 6.45) is 0. The van der Waals surface area contributed by atoms with E-state index in [0.29, 0.717) is 22.6 Å². The van der Waals surface area contributed by atoms with Gasteiger partial charge in [0.15, 0.2) is 5.65 Å². The third-order valence-electron chi connectivity index (χ3n) is 3.78. The number of fused-ring (bicyclic) bond motifs is 1. The Bertz CT molecular complexity index is 991. The van der Waals surface area contributed by atoms with Crippen LogP contribution in [0.2, 0.25) is 0 Å². The molecule has 0 aliphatic rings. The van der Waals surface area contributed by atoms with Crippen molar-refractivity contribution in [3.05, 3.63) is 47.3 Å². The Hall–Kier alpha value is -3.22. The first-order chi connectivity index (χ1) is 11.8. The van der Waals surface area contributed by atoms with Crippen molar-refractivity contribution in [2.75, 3.05) is 10.6 Å². The minimum absolute atomic E-state index is 0.166. The number of carbonyl (C=O) groups excluding carboxylic acids is 2. The number of hydrogen-bond acceptors (Lipinski definition) is 4. The van der Waals surface area contributed by atoms with Crippen molar-refractivity contribution in [3.8, 4) is 0 Å². The number of nitrogens with one attached hydrogen (secondary N) is 2. The molecular formula is C18H19N5O2. The van der Waals surface area contributed by atoms with Crippen LogP contribution in [-0.4, -0.2) is 26.6 Å². The quantitative estimate of drug-likeness (QED) is 0.769. The summed E-state index contributed by atoms with van der Waals surface area (Å²) in [5.74, 6) is -0.410. The molecule has 0 unspecified atom stereocenters. The van der Waals surface area contributed by atoms with E-state index in [2.05, 4.69) is 20.7 Å². The number of aromatic nitrogens is 3. The molecule has 0 saturated carbocycles. The number of carbonyl (C=O) groups is 2. The summed E-state index contributed by atoms with van der Waals surface area (Å²) < 4.78 is 1.67. The Kier molecular flexibility index (Phi) is 4.22. The largest absolute Gasteiger partial charge is 0.326 e. The lowest BCUT2D eigenvalue weighted by molar-refractivity contribution is -0.114. The molecule has 7 heteroatoms. The first-order valence-corrected chi connectivity index (χ1v) is 7.85. The number of hydrogen-bond donors (Lipinski definition) is 2. The predicted octanol–water partition coefficient (Wildman–Crippen LogP) is 2.80. The molecule has 3 aromatic rings. The molecule has 0 aliphatic heterocycles. The maximum atomic E-state index is 12.8. The van der Waals surface area contributed by atoms with Crippen LogP contribution in [0.25, 0.3) is 11.0 Å². The average molecular weight is 337 g/mol. The van der Waals surface area contributed by atoms with Gasteiger partial charge in [-0.05, 0) is 38.1 Å². The predicted molar refractivity (Wildman–Crippen MR) is 96.7 cm³/mol. The number of benzene rings is 1. The number of nitrogens with zero attached hydrogens (tertiary/aromatic N) is 3. The van der Waals surface area contributed by atoms with Crippen LogP contribution in [0, 0.1) is 13.8 Å². The molecule has 2 aromatic heterocycles. The second-order valence-electron chi connectivity index (χ2n) is 5.93. The summed E-state index contributed by atoms with van der Waals surface area (Å²) in [7, 11) is 1.81. The molecule has 25 heavy (non-hydrogen) atoms. The lowest BCUT2D eigenvalue weighted by Gasteiger charge is -2.09. The van der Waals surface area contributed by atoms with Gasteiger partial charge in [-0.2, -0.15) is 5.10 Å². The van der Waals surface area contributed by atoms with E-state index < -0.39 is 0 Å². The lowest BCUT2D eigenvalue weighted by atomic mass is 10.1. The van der Waals surface area contributed by atoms with Crippen molar-refractivity contribution in [2.45, 2.75) is 20.8 Å². The summed E-state index contributed by atoms with van der Waals surface area (Å²) in [5, 5.41) is 10.7. The minimum atomic E-state index is -0.244. The van der Waals surface area contributed by atoms with Gasteiger partial charge in [0, 0.05) is 31.0 Å². The molecule has 0 spiro atoms. The normalized spacial score (nSPS) is 10.7. The average Bonchev–Trinajstić information content (AvgIpc) is 2.80. The SMILES string of the molecule is CC(=O)Nc1cccc(NC(=O)c2cc(C)nc3c2c(C)nn3C)c1. The van der Waals surface area contributed by atoms with Gasteiger partial charge in [-0.1, -0.05) is 6.07 Å². The van der Waals surface area contributed by atoms with Crippen LogP contribution < -0.4 is 10.6 Å². The summed E-state index contributed by atoms with van der Waals surface area (Å²) in [5.41, 5.74) is 3.92. The second kappa shape index (κ2) is 6.35. The summed E-state index contributed by atoms with van der Waals surface area (Å²) in [6.45, 7) is 5.14. The van der Waals surface area contributed by atoms with E-state index in [1.807, 2.05) is 13.8 Å². The number of anilines is 2. The Morgan fingerprint density at radius 1 is 1.08 bits per heavy atom. The Morgan fingerprint density at radius 3 is 2.44 bits per heavy atom. The standard InChI is InChI=1S/C18H19N5O2/c1-10-8-15(16-11(2)22-23(4)17(16)19-10)18(25)21-14-7-5-6-13(9-14)20-12(3)24/h5-9H,1-4H3,(H,20,24)(H,21,25). The number of pyridine rings is 1. The molecule has 0 saturated heterocycles. The fourth-order valence-corrected chi connectivity index (χ4v) is 2.83. The topological polar surface area (TPSA) is 88.9 Å². The van der Waals surface area contributed by atoms with Gasteiger partial charge in [0.2, 0.25) is 5.91 Å². The van der Waals surface area contributed by atoms with E-state index in [4.69, 9.17) is 0 Å². The van der Waals surface area contributed by atoms with Gasteiger partial charge in [0.25, 0.3) is 5.91 Å². The van der Waals surface area contributed by atoms with Crippen molar-refractivity contribution in [1.29, 1.82) is 0 Å². The Morgan fingerprint density at radius 2 is 1.76 bits per heavy atom. The molecule has 2 heterocycles. The summed E-state index contributed by atoms with van der Waals surface area (Å²) in [4.78, 5) is 28.5. The highest BCUT2D eigenvalue weighted by atomic mass is 16.2. The molecule has 2 N–H and O–H groups in total. The monoisotopic (exact) mass is 337 g/mol. The number of aryl methyl sites for hydroxylation is 3. The van der Waals surface area contributed by atoms with Gasteiger partial charge < -0.3 is 10.6 Å². The number of rotatable bonds is 3. The zero-order valence-electron chi connectivity index (χ0n) is 14.5. The molecule has 128 valence electrons. The van der Waals surface area contributed by atoms with Crippen LogP contribution in [0.5, 0.6) is 0 Å². The van der Waals surface area contributed by atoms with Crippen molar-refractivity contribution in [2.24, 2.45) is 7.05 Å². The van der Waals surface area contributed by atoms with Crippen molar-refractivity contribution in [1.82, 2.24) is 14.8 Å². The first-order valence-electron chi connectivity index (χ1n) is 7.85. The van der Waals surface area contributed by atoms with Gasteiger partial charge in [0.05, 0.1) is 16.6 Å². The Balaban J connectivity index is 1.97. The van der Waals surface area contributed by atoms with Crippen LogP contribution in [0.4, 0.5) is 11.4 Å². The van der Waals surface area contributed by atoms with Crippen molar-refractivity contribution >= 4 is 34.2 Å². The van der Waals surface area contributed by atoms with E-state index in [0.717, 1.165) is 16.8 Å². The molecule has 2 amide bonds. The van der Waals surface area contributed by atoms with Crippen LogP contribution in [0.3, 0.4) is 0 Å². The molecule has 1 aromatic carbocycles. The zero-order chi connectivity index (χ0) is 18.1. The van der Waals surface area contributed by atoms with Gasteiger partial charge in [0.1, 0.15) is 0 Å². The van der Waals surface area contributed by atoms with Crippen LogP contribution in [0.15, 0.2) is 30.3 Å². The molecule has 7 nitrogen and oxygen atoms in total. The summed E-state index contributed by atoms with van der Waals surface area (Å²) >= 11 is 0. The van der Waals surface area contributed by atoms with Gasteiger partial charge in [-0.25, -0.2) is 4.98 Å². The molecular weight excluding hydrogens is 318 g/mol. The first kappa shape index (κ1) is 16.6. The van der Waals surface area contributed by atoms with E-state index in [1.165, 1.54) is 6.92 Å². The molecule has 0 aliphatic carbocycles. The van der Waals surface area contributed by atoms with Gasteiger partial charge in [-0.15, -0.1) is 0 Å². The van der Waals surface area contributed by atoms with Crippen molar-refractivity contribution in [3.63, 3.8) is 0 Å². The molecule has 0 bridgehead atoms. The van der Waals surface area contributed by atoms with Crippen LogP contribution in [-0.2, 0) is 11.8 Å². The van der Waals surface area contributed by atoms with Gasteiger partial charge >= 0.3 is 0 Å². The second-order valence-corrected chi connectivity index (χ2v) is 5.93. The zero-order valence-corrected chi connectivity index (χ0v) is 14.5. The van der Waals surface area contributed by atoms with Gasteiger partial charge in [-0.3, -0.25) is 14.3 Å². The third-order valence-corrected chi connectivity index (χ3v) is 3.78. The highest BCUT2D eigenvalue weighted by Crippen LogP contribution is 2.23. The Labute approximate surface area is 145 Å². The van der Waals surface area contributed by atoms with E-state index in [9.17, 15) is 9.59 Å². The molecule has 0 radical (unpaired) electrons. The number of amides is 2. The molecule has 0 fully saturated rings. The fourth-order valence-electron chi connectivity index (χ4n) is 2.83. The maximum absolute atomic E-state index is 12.8. The van der Waals surface area contributed by atoms with E-state index >= 15 is 0 Å². The minimum Gasteiger partial charge on any atom is -0.326 e. The highest BCUT2D eigenvalue weighted by molar-refractivity contribution is 6.12. The fraction of sp³-hybridized carbons (Fsp3) is 0.222. The third kappa shape index (κ3) is 3.35. The lowest BCUT2D eigenvalue weighted by Crippen LogP contribution is -2.14. The van der Waals surface area contributed by atoms with Crippen molar-refractivity contribution < 1.29 is 9.59 Å².